The van der Waals surface area contributed by atoms with Crippen LogP contribution in [0.5, 0.6) is 0 Å². The highest BCUT2D eigenvalue weighted by atomic mass is 16.6. The highest BCUT2D eigenvalue weighted by Gasteiger charge is 2.27. The largest absolute Gasteiger partial charge is 0.465 e. The van der Waals surface area contributed by atoms with Gasteiger partial charge in [-0.1, -0.05) is 91.0 Å². The molecular weight excluding hydrogens is 897 g/mol. The second-order valence-corrected chi connectivity index (χ2v) is 16.2. The van der Waals surface area contributed by atoms with Crippen LogP contribution < -0.4 is 26.8 Å². The molecule has 5 aromatic rings. The van der Waals surface area contributed by atoms with Crippen molar-refractivity contribution in [2.75, 3.05) is 31.6 Å². The predicted octanol–water partition coefficient (Wildman–Crippen LogP) is 5.53. The SMILES string of the molecule is CCOC(=O)CN(C[C@H](CCCCN=C(NC(=O)OCc1ccccc1)NC(=O)OCc1ccccc1)NC(=O)OC(C)(C)C)C(=O)Cn1cnc2c(=O)[nH]c(NC(=O)OCc3ccccc3)nc21. The van der Waals surface area contributed by atoms with Gasteiger partial charge in [0.1, 0.15) is 38.5 Å². The van der Waals surface area contributed by atoms with Gasteiger partial charge in [0.25, 0.3) is 5.56 Å². The van der Waals surface area contributed by atoms with Crippen LogP contribution in [0.1, 0.15) is 63.6 Å². The zero-order valence-corrected chi connectivity index (χ0v) is 38.7. The summed E-state index contributed by atoms with van der Waals surface area (Å²) in [5.41, 5.74) is 0.457. The number of nitrogens with zero attached hydrogens (tertiary/aromatic N) is 5. The van der Waals surface area contributed by atoms with E-state index in [0.717, 1.165) is 16.7 Å². The number of benzene rings is 3. The Morgan fingerprint density at radius 1 is 0.754 bits per heavy atom. The number of rotatable bonds is 20. The number of hydrogen-bond acceptors (Lipinski definition) is 15. The first kappa shape index (κ1) is 51.7. The molecule has 0 radical (unpaired) electrons. The molecule has 69 heavy (non-hydrogen) atoms. The number of aliphatic imine (C=N–C) groups is 1. The lowest BCUT2D eigenvalue weighted by molar-refractivity contribution is -0.149. The van der Waals surface area contributed by atoms with Crippen LogP contribution in [0.4, 0.5) is 25.1 Å². The molecule has 1 atom stereocenters. The molecule has 22 nitrogen and oxygen atoms in total. The molecule has 22 heteroatoms. The lowest BCUT2D eigenvalue weighted by Crippen LogP contribution is -2.49. The third-order valence-electron chi connectivity index (χ3n) is 9.45. The summed E-state index contributed by atoms with van der Waals surface area (Å²) in [6.07, 6.45) is -1.26. The molecule has 5 N–H and O–H groups in total. The van der Waals surface area contributed by atoms with Crippen LogP contribution in [0.2, 0.25) is 0 Å². The van der Waals surface area contributed by atoms with Gasteiger partial charge >= 0.3 is 30.3 Å². The van der Waals surface area contributed by atoms with Crippen LogP contribution >= 0.6 is 0 Å². The zero-order valence-electron chi connectivity index (χ0n) is 38.7. The lowest BCUT2D eigenvalue weighted by atomic mass is 10.1. The molecule has 5 amide bonds. The van der Waals surface area contributed by atoms with Gasteiger partial charge in [-0.2, -0.15) is 4.98 Å². The second kappa shape index (κ2) is 26.1. The summed E-state index contributed by atoms with van der Waals surface area (Å²) < 4.78 is 27.8. The summed E-state index contributed by atoms with van der Waals surface area (Å²) >= 11 is 0. The topological polar surface area (TPSA) is 276 Å². The minimum absolute atomic E-state index is 0.0323. The number of esters is 1. The van der Waals surface area contributed by atoms with Crippen LogP contribution in [0.15, 0.2) is 107 Å². The maximum atomic E-state index is 14.1. The number of imidazole rings is 1. The van der Waals surface area contributed by atoms with Crippen LogP contribution in [-0.2, 0) is 59.6 Å². The van der Waals surface area contributed by atoms with E-state index in [9.17, 15) is 33.6 Å². The number of aromatic nitrogens is 4. The van der Waals surface area contributed by atoms with E-state index in [-0.39, 0.29) is 69.0 Å². The molecule has 5 rings (SSSR count). The summed E-state index contributed by atoms with van der Waals surface area (Å²) in [7, 11) is 0. The standard InChI is InChI=1S/C47H56N10O12/c1-5-65-37(59)27-56(36(58)26-57-31-49-38-39(57)51-42(52-40(38)60)55-45(63)68-30-34-21-13-8-14-22-34)25-35(50-46(64)69-47(2,3)4)23-15-16-24-48-41(53-43(61)66-28-32-17-9-6-10-18-32)54-44(62)67-29-33-19-11-7-12-20-33/h6-14,17-22,31,35H,5,15-16,23-30H2,1-4H3,(H,50,64)(H2,48,53,54,61,62)(H2,51,52,55,60,63)/t35-/m0/s1. The van der Waals surface area contributed by atoms with Crippen molar-refractivity contribution in [1.29, 1.82) is 0 Å². The number of ether oxygens (including phenoxy) is 5. The van der Waals surface area contributed by atoms with E-state index in [2.05, 4.69) is 41.2 Å². The van der Waals surface area contributed by atoms with Gasteiger partial charge in [-0.15, -0.1) is 0 Å². The molecule has 0 saturated heterocycles. The van der Waals surface area contributed by atoms with Crippen molar-refractivity contribution in [3.8, 4) is 0 Å². The molecule has 0 fully saturated rings. The van der Waals surface area contributed by atoms with Crippen LogP contribution in [0.3, 0.4) is 0 Å². The van der Waals surface area contributed by atoms with E-state index in [1.807, 2.05) is 18.2 Å². The number of anilines is 1. The molecule has 0 spiro atoms. The predicted molar refractivity (Wildman–Crippen MR) is 250 cm³/mol. The number of carbonyl (C=O) groups excluding carboxylic acids is 6. The third kappa shape index (κ3) is 18.5. The Balaban J connectivity index is 1.27. The number of aromatic amines is 1. The maximum absolute atomic E-state index is 14.1. The number of amides is 5. The summed E-state index contributed by atoms with van der Waals surface area (Å²) in [5, 5.41) is 10.1. The highest BCUT2D eigenvalue weighted by molar-refractivity contribution is 6.01. The fourth-order valence-electron chi connectivity index (χ4n) is 6.31. The first-order valence-electron chi connectivity index (χ1n) is 22.0. The summed E-state index contributed by atoms with van der Waals surface area (Å²) in [6.45, 7) is 5.48. The van der Waals surface area contributed by atoms with Crippen molar-refractivity contribution >= 4 is 59.3 Å². The Morgan fingerprint density at radius 2 is 1.30 bits per heavy atom. The molecule has 3 aromatic carbocycles. The molecule has 2 heterocycles. The molecule has 0 aliphatic rings. The van der Waals surface area contributed by atoms with E-state index in [0.29, 0.717) is 12.8 Å². The first-order chi connectivity index (χ1) is 33.1. The first-order valence-corrected chi connectivity index (χ1v) is 22.0. The number of unbranched alkanes of at least 4 members (excludes halogenated alkanes) is 1. The van der Waals surface area contributed by atoms with E-state index < -0.39 is 66.5 Å². The molecule has 366 valence electrons. The van der Waals surface area contributed by atoms with Gasteiger partial charge in [-0.05, 0) is 63.6 Å². The monoisotopic (exact) mass is 952 g/mol. The number of hydrogen-bond donors (Lipinski definition) is 5. The van der Waals surface area contributed by atoms with Crippen molar-refractivity contribution in [2.24, 2.45) is 4.99 Å². The quantitative estimate of drug-likeness (QED) is 0.0211. The van der Waals surface area contributed by atoms with Gasteiger partial charge in [0, 0.05) is 19.1 Å². The van der Waals surface area contributed by atoms with Gasteiger partial charge < -0.3 is 38.5 Å². The van der Waals surface area contributed by atoms with Crippen molar-refractivity contribution < 1.29 is 52.5 Å². The summed E-state index contributed by atoms with van der Waals surface area (Å²) in [5.74, 6) is -1.85. The van der Waals surface area contributed by atoms with Crippen LogP contribution in [0, 0.1) is 0 Å². The number of fused-ring (bicyclic) bond motifs is 1. The molecule has 0 bridgehead atoms. The molecule has 0 saturated carbocycles. The zero-order chi connectivity index (χ0) is 49.6. The normalized spacial score (nSPS) is 11.3. The average Bonchev–Trinajstić information content (AvgIpc) is 3.72. The highest BCUT2D eigenvalue weighted by Crippen LogP contribution is 2.13. The maximum Gasteiger partial charge on any atom is 0.414 e. The van der Waals surface area contributed by atoms with Crippen molar-refractivity contribution in [3.05, 3.63) is 124 Å². The van der Waals surface area contributed by atoms with Crippen LogP contribution in [0.25, 0.3) is 11.2 Å². The Labute approximate surface area is 397 Å². The molecule has 2 aromatic heterocycles. The van der Waals surface area contributed by atoms with Crippen LogP contribution in [-0.4, -0.2) is 105 Å². The van der Waals surface area contributed by atoms with Gasteiger partial charge in [0.15, 0.2) is 11.2 Å². The Hall–Kier alpha value is -8.30. The Morgan fingerprint density at radius 3 is 1.84 bits per heavy atom. The number of alkyl carbamates (subject to hydrolysis) is 3. The van der Waals surface area contributed by atoms with Gasteiger partial charge in [-0.25, -0.2) is 24.2 Å². The molecular formula is C47H56N10O12. The summed E-state index contributed by atoms with van der Waals surface area (Å²) in [4.78, 5) is 108. The minimum atomic E-state index is -0.897. The Bertz CT molecular complexity index is 2520. The molecule has 0 aliphatic carbocycles. The molecule has 0 aliphatic heterocycles. The van der Waals surface area contributed by atoms with E-state index in [1.54, 1.807) is 100 Å². The summed E-state index contributed by atoms with van der Waals surface area (Å²) in [6, 6.07) is 26.1. The van der Waals surface area contributed by atoms with Crippen molar-refractivity contribution in [3.63, 3.8) is 0 Å². The number of guanidine groups is 1. The van der Waals surface area contributed by atoms with Gasteiger partial charge in [-0.3, -0.25) is 40.3 Å². The lowest BCUT2D eigenvalue weighted by Gasteiger charge is -2.29. The minimum Gasteiger partial charge on any atom is -0.465 e. The van der Waals surface area contributed by atoms with Gasteiger partial charge in [0.2, 0.25) is 17.8 Å². The fraction of sp³-hybridized carbons (Fsp3) is 0.362. The fourth-order valence-corrected chi connectivity index (χ4v) is 6.31. The van der Waals surface area contributed by atoms with E-state index in [4.69, 9.17) is 23.7 Å². The number of H-pyrrole nitrogens is 1. The number of carbonyl (C=O) groups is 6. The smallest absolute Gasteiger partial charge is 0.414 e. The van der Waals surface area contributed by atoms with E-state index >= 15 is 0 Å². The van der Waals surface area contributed by atoms with Gasteiger partial charge in [0.05, 0.1) is 12.9 Å². The van der Waals surface area contributed by atoms with E-state index in [1.165, 1.54) is 15.8 Å². The van der Waals surface area contributed by atoms with Crippen molar-refractivity contribution in [2.45, 2.75) is 85.0 Å². The average molecular weight is 953 g/mol. The molecule has 0 unspecified atom stereocenters. The third-order valence-corrected chi connectivity index (χ3v) is 9.45. The van der Waals surface area contributed by atoms with Crippen molar-refractivity contribution in [1.82, 2.24) is 40.4 Å². The number of nitrogens with one attached hydrogen (secondary N) is 5. The Kier molecular flexibility index (Phi) is 19.6. The second-order valence-electron chi connectivity index (χ2n) is 16.2.